The van der Waals surface area contributed by atoms with Crippen molar-refractivity contribution >= 4 is 35.4 Å². The van der Waals surface area contributed by atoms with E-state index in [9.17, 15) is 14.4 Å². The molecule has 1 aromatic heterocycles. The maximum Gasteiger partial charge on any atom is 0.271 e. The summed E-state index contributed by atoms with van der Waals surface area (Å²) in [4.78, 5) is 42.9. The lowest BCUT2D eigenvalue weighted by atomic mass is 10.1. The highest BCUT2D eigenvalue weighted by molar-refractivity contribution is 5.96. The summed E-state index contributed by atoms with van der Waals surface area (Å²) in [7, 11) is 3.41. The molecule has 12 heteroatoms. The van der Waals surface area contributed by atoms with E-state index >= 15 is 0 Å². The van der Waals surface area contributed by atoms with Crippen LogP contribution in [0.5, 0.6) is 5.75 Å². The van der Waals surface area contributed by atoms with Gasteiger partial charge >= 0.3 is 0 Å². The molecule has 0 unspecified atom stereocenters. The van der Waals surface area contributed by atoms with Crippen molar-refractivity contribution in [1.82, 2.24) is 20.2 Å². The Morgan fingerprint density at radius 1 is 1.26 bits per heavy atom. The average Bonchev–Trinajstić information content (AvgIpc) is 2.94. The van der Waals surface area contributed by atoms with Crippen molar-refractivity contribution in [3.63, 3.8) is 0 Å². The van der Waals surface area contributed by atoms with Gasteiger partial charge in [0.15, 0.2) is 17.3 Å². The number of hydrogen-bond donors (Lipinski definition) is 4. The van der Waals surface area contributed by atoms with Crippen molar-refractivity contribution < 1.29 is 23.9 Å². The number of nitrogens with zero attached hydrogens (tertiary/aromatic N) is 3. The maximum atomic E-state index is 12.0. The summed E-state index contributed by atoms with van der Waals surface area (Å²) < 4.78 is 11.1. The van der Waals surface area contributed by atoms with Crippen LogP contribution in [0.3, 0.4) is 0 Å². The molecule has 5 N–H and O–H groups in total. The summed E-state index contributed by atoms with van der Waals surface area (Å²) in [5, 5.41) is 9.68. The Kier molecular flexibility index (Phi) is 13.4. The predicted molar refractivity (Wildman–Crippen MR) is 150 cm³/mol. The number of hydrogen-bond acceptors (Lipinski definition) is 10. The summed E-state index contributed by atoms with van der Waals surface area (Å²) in [6.45, 7) is 8.10. The van der Waals surface area contributed by atoms with Crippen LogP contribution in [0.15, 0.2) is 36.9 Å². The molecular formula is C27H39N7O5. The molecule has 1 aromatic carbocycles. The van der Waals surface area contributed by atoms with Crippen molar-refractivity contribution in [3.05, 3.63) is 48.3 Å². The zero-order valence-electron chi connectivity index (χ0n) is 22.9. The number of rotatable bonds is 13. The Labute approximate surface area is 229 Å². The molecule has 1 aliphatic heterocycles. The van der Waals surface area contributed by atoms with Gasteiger partial charge in [-0.25, -0.2) is 9.97 Å². The number of benzene rings is 1. The first-order chi connectivity index (χ1) is 18.8. The highest BCUT2D eigenvalue weighted by atomic mass is 16.5. The molecule has 2 amide bonds. The fourth-order valence-corrected chi connectivity index (χ4v) is 3.56. The quantitative estimate of drug-likeness (QED) is 0.167. The number of aromatic nitrogens is 2. The van der Waals surface area contributed by atoms with E-state index in [0.717, 1.165) is 44.0 Å². The second-order valence-electron chi connectivity index (χ2n) is 8.66. The Hall–Kier alpha value is -4.03. The van der Waals surface area contributed by atoms with Gasteiger partial charge in [-0.3, -0.25) is 9.59 Å². The number of ether oxygens (including phenoxy) is 2. The minimum Gasteiger partial charge on any atom is -0.492 e. The summed E-state index contributed by atoms with van der Waals surface area (Å²) in [6, 6.07) is 7.73. The Morgan fingerprint density at radius 2 is 2.00 bits per heavy atom. The standard InChI is InChI=1S/C21H30N6O3.C6H9NO2/c1-3-17-20(24-14-7-10-29-11-8-14)27-21(18(26-17)19(22)28)25-15-5-4-6-16(13-15)30-12-9-23-2;1-3-6(9)7(2)4-5-8/h4-6,13-14,23H,3,7-12H2,1-2H3,(H2,22,28)(H2,24,25,27);3,5H,1,4H2,2H3. The summed E-state index contributed by atoms with van der Waals surface area (Å²) in [6.07, 6.45) is 4.27. The number of anilines is 3. The topological polar surface area (TPSA) is 161 Å². The highest BCUT2D eigenvalue weighted by Gasteiger charge is 2.20. The predicted octanol–water partition coefficient (Wildman–Crippen LogP) is 1.90. The molecule has 1 aliphatic rings. The first-order valence-electron chi connectivity index (χ1n) is 12.8. The maximum absolute atomic E-state index is 12.0. The van der Waals surface area contributed by atoms with Crippen LogP contribution in [0.4, 0.5) is 17.3 Å². The molecule has 0 spiro atoms. The van der Waals surface area contributed by atoms with Crippen LogP contribution in [-0.2, 0) is 20.7 Å². The number of likely N-dealkylation sites (N-methyl/N-ethyl adjacent to an activating group) is 2. The van der Waals surface area contributed by atoms with Gasteiger partial charge < -0.3 is 40.9 Å². The van der Waals surface area contributed by atoms with E-state index in [1.165, 1.54) is 11.0 Å². The lowest BCUT2D eigenvalue weighted by Gasteiger charge is -2.25. The lowest BCUT2D eigenvalue weighted by Crippen LogP contribution is -2.29. The summed E-state index contributed by atoms with van der Waals surface area (Å²) in [5.41, 5.74) is 7.15. The van der Waals surface area contributed by atoms with Crippen LogP contribution in [0.1, 0.15) is 35.9 Å². The van der Waals surface area contributed by atoms with Gasteiger partial charge in [0.2, 0.25) is 5.91 Å². The summed E-state index contributed by atoms with van der Waals surface area (Å²) in [5.74, 6) is 0.843. The van der Waals surface area contributed by atoms with Gasteiger partial charge in [0, 0.05) is 44.6 Å². The average molecular weight is 542 g/mol. The smallest absolute Gasteiger partial charge is 0.271 e. The molecular weight excluding hydrogens is 502 g/mol. The Bertz CT molecular complexity index is 1110. The number of carbonyl (C=O) groups excluding carboxylic acids is 3. The third-order valence-electron chi connectivity index (χ3n) is 5.72. The van der Waals surface area contributed by atoms with Gasteiger partial charge in [0.1, 0.15) is 18.6 Å². The van der Waals surface area contributed by atoms with Gasteiger partial charge in [0.25, 0.3) is 5.91 Å². The number of primary amides is 1. The van der Waals surface area contributed by atoms with Crippen LogP contribution in [0.25, 0.3) is 0 Å². The third-order valence-corrected chi connectivity index (χ3v) is 5.72. The van der Waals surface area contributed by atoms with Gasteiger partial charge in [-0.2, -0.15) is 0 Å². The zero-order chi connectivity index (χ0) is 28.6. The van der Waals surface area contributed by atoms with Crippen molar-refractivity contribution in [2.75, 3.05) is 57.6 Å². The van der Waals surface area contributed by atoms with Crippen LogP contribution in [-0.4, -0.2) is 86.0 Å². The number of aryl methyl sites for hydroxylation is 1. The summed E-state index contributed by atoms with van der Waals surface area (Å²) >= 11 is 0. The van der Waals surface area contributed by atoms with E-state index in [1.54, 1.807) is 7.05 Å². The molecule has 2 heterocycles. The number of nitrogens with one attached hydrogen (secondary N) is 3. The van der Waals surface area contributed by atoms with E-state index in [4.69, 9.17) is 15.2 Å². The molecule has 1 fully saturated rings. The van der Waals surface area contributed by atoms with Gasteiger partial charge in [-0.15, -0.1) is 0 Å². The SMILES string of the molecule is C=CC(=O)N(C)CC=O.CCc1nc(C(N)=O)c(Nc2cccc(OCCNC)c2)nc1NC1CCOCC1. The monoisotopic (exact) mass is 541 g/mol. The third kappa shape index (κ3) is 10.3. The number of amides is 2. The first kappa shape index (κ1) is 31.2. The molecule has 0 saturated carbocycles. The second kappa shape index (κ2) is 16.7. The van der Waals surface area contributed by atoms with Crippen LogP contribution >= 0.6 is 0 Å². The van der Waals surface area contributed by atoms with Crippen LogP contribution < -0.4 is 26.4 Å². The van der Waals surface area contributed by atoms with E-state index in [-0.39, 0.29) is 24.2 Å². The molecule has 0 radical (unpaired) electrons. The van der Waals surface area contributed by atoms with E-state index in [2.05, 4.69) is 32.5 Å². The van der Waals surface area contributed by atoms with E-state index in [0.29, 0.717) is 36.6 Å². The van der Waals surface area contributed by atoms with Crippen molar-refractivity contribution in [1.29, 1.82) is 0 Å². The molecule has 39 heavy (non-hydrogen) atoms. The van der Waals surface area contributed by atoms with Crippen molar-refractivity contribution in [2.24, 2.45) is 5.73 Å². The van der Waals surface area contributed by atoms with Crippen molar-refractivity contribution in [3.8, 4) is 5.75 Å². The normalized spacial score (nSPS) is 12.9. The molecule has 3 rings (SSSR count). The molecule has 0 bridgehead atoms. The van der Waals surface area contributed by atoms with E-state index < -0.39 is 5.91 Å². The zero-order valence-corrected chi connectivity index (χ0v) is 22.9. The van der Waals surface area contributed by atoms with Gasteiger partial charge in [0.05, 0.1) is 12.2 Å². The second-order valence-corrected chi connectivity index (χ2v) is 8.66. The molecule has 0 atom stereocenters. The Morgan fingerprint density at radius 3 is 2.62 bits per heavy atom. The fourth-order valence-electron chi connectivity index (χ4n) is 3.56. The molecule has 1 saturated heterocycles. The molecule has 0 aliphatic carbocycles. The number of nitrogens with two attached hydrogens (primary N) is 1. The van der Waals surface area contributed by atoms with E-state index in [1.807, 2.05) is 38.2 Å². The number of aldehydes is 1. The van der Waals surface area contributed by atoms with Gasteiger partial charge in [-0.05, 0) is 44.5 Å². The first-order valence-corrected chi connectivity index (χ1v) is 12.8. The highest BCUT2D eigenvalue weighted by Crippen LogP contribution is 2.26. The van der Waals surface area contributed by atoms with Crippen molar-refractivity contribution in [2.45, 2.75) is 32.2 Å². The van der Waals surface area contributed by atoms with Gasteiger partial charge in [-0.1, -0.05) is 19.6 Å². The van der Waals surface area contributed by atoms with Crippen LogP contribution in [0, 0.1) is 0 Å². The molecule has 212 valence electrons. The minimum absolute atomic E-state index is 0.117. The lowest BCUT2D eigenvalue weighted by molar-refractivity contribution is -0.127. The molecule has 12 nitrogen and oxygen atoms in total. The Balaban J connectivity index is 0.000000510. The number of carbonyl (C=O) groups is 3. The minimum atomic E-state index is -0.626. The largest absolute Gasteiger partial charge is 0.492 e. The fraction of sp³-hybridized carbons (Fsp3) is 0.444. The molecule has 2 aromatic rings. The van der Waals surface area contributed by atoms with Crippen LogP contribution in [0.2, 0.25) is 0 Å².